The average Bonchev–Trinajstić information content (AvgIpc) is 3.37. The van der Waals surface area contributed by atoms with Crippen molar-refractivity contribution in [1.82, 2.24) is 15.1 Å². The molecule has 0 saturated carbocycles. The zero-order chi connectivity index (χ0) is 20.2. The van der Waals surface area contributed by atoms with Gasteiger partial charge in [-0.15, -0.1) is 11.3 Å². The molecule has 0 amide bonds. The zero-order valence-electron chi connectivity index (χ0n) is 15.2. The van der Waals surface area contributed by atoms with Crippen LogP contribution in [0.5, 0.6) is 11.5 Å². The van der Waals surface area contributed by atoms with Gasteiger partial charge in [0.1, 0.15) is 21.4 Å². The smallest absolute Gasteiger partial charge is 0.355 e. The SMILES string of the molecule is Cc1noc(COc2ccc(OC(=O)c3cnc(-c4ccccc4Cl)s3)cc2)n1. The number of esters is 1. The third kappa shape index (κ3) is 4.61. The highest BCUT2D eigenvalue weighted by Crippen LogP contribution is 2.31. The van der Waals surface area contributed by atoms with Crippen LogP contribution < -0.4 is 9.47 Å². The molecule has 146 valence electrons. The van der Waals surface area contributed by atoms with Gasteiger partial charge < -0.3 is 14.0 Å². The van der Waals surface area contributed by atoms with E-state index in [1.807, 2.05) is 18.2 Å². The van der Waals surface area contributed by atoms with E-state index < -0.39 is 5.97 Å². The fraction of sp³-hybridized carbons (Fsp3) is 0.100. The zero-order valence-corrected chi connectivity index (χ0v) is 16.7. The van der Waals surface area contributed by atoms with Crippen molar-refractivity contribution in [2.75, 3.05) is 0 Å². The number of nitrogens with zero attached hydrogens (tertiary/aromatic N) is 3. The highest BCUT2D eigenvalue weighted by atomic mass is 35.5. The topological polar surface area (TPSA) is 87.3 Å². The molecule has 0 atom stereocenters. The average molecular weight is 428 g/mol. The Morgan fingerprint density at radius 3 is 2.62 bits per heavy atom. The van der Waals surface area contributed by atoms with Crippen LogP contribution in [0.3, 0.4) is 0 Å². The fourth-order valence-electron chi connectivity index (χ4n) is 2.43. The first-order valence-electron chi connectivity index (χ1n) is 8.53. The lowest BCUT2D eigenvalue weighted by Gasteiger charge is -2.05. The molecule has 0 saturated heterocycles. The number of aryl methyl sites for hydroxylation is 1. The summed E-state index contributed by atoms with van der Waals surface area (Å²) in [6.07, 6.45) is 1.48. The molecule has 2 heterocycles. The Kier molecular flexibility index (Phi) is 5.55. The predicted molar refractivity (Wildman–Crippen MR) is 107 cm³/mol. The van der Waals surface area contributed by atoms with Crippen molar-refractivity contribution in [3.05, 3.63) is 76.3 Å². The lowest BCUT2D eigenvalue weighted by atomic mass is 10.2. The molecule has 0 aliphatic rings. The summed E-state index contributed by atoms with van der Waals surface area (Å²) in [5, 5.41) is 4.93. The van der Waals surface area contributed by atoms with Crippen LogP contribution in [0.25, 0.3) is 10.6 Å². The van der Waals surface area contributed by atoms with Gasteiger partial charge in [0.15, 0.2) is 12.4 Å². The van der Waals surface area contributed by atoms with E-state index in [0.717, 1.165) is 5.56 Å². The second-order valence-corrected chi connectivity index (χ2v) is 7.33. The molecule has 0 radical (unpaired) electrons. The summed E-state index contributed by atoms with van der Waals surface area (Å²) in [6, 6.07) is 14.0. The number of rotatable bonds is 6. The quantitative estimate of drug-likeness (QED) is 0.317. The molecule has 0 unspecified atom stereocenters. The summed E-state index contributed by atoms with van der Waals surface area (Å²) >= 11 is 7.40. The lowest BCUT2D eigenvalue weighted by molar-refractivity contribution is 0.0739. The van der Waals surface area contributed by atoms with Crippen LogP contribution in [0.4, 0.5) is 0 Å². The largest absolute Gasteiger partial charge is 0.484 e. The maximum absolute atomic E-state index is 12.4. The monoisotopic (exact) mass is 427 g/mol. The van der Waals surface area contributed by atoms with Crippen molar-refractivity contribution in [3.8, 4) is 22.1 Å². The van der Waals surface area contributed by atoms with Gasteiger partial charge in [-0.25, -0.2) is 9.78 Å². The molecule has 0 N–H and O–H groups in total. The van der Waals surface area contributed by atoms with Crippen molar-refractivity contribution in [3.63, 3.8) is 0 Å². The van der Waals surface area contributed by atoms with Gasteiger partial charge in [0.2, 0.25) is 0 Å². The first-order chi connectivity index (χ1) is 14.1. The fourth-order valence-corrected chi connectivity index (χ4v) is 3.55. The van der Waals surface area contributed by atoms with Gasteiger partial charge in [0.05, 0.1) is 11.2 Å². The molecule has 0 spiro atoms. The number of carbonyl (C=O) groups is 1. The lowest BCUT2D eigenvalue weighted by Crippen LogP contribution is -2.06. The molecule has 9 heteroatoms. The van der Waals surface area contributed by atoms with Crippen molar-refractivity contribution < 1.29 is 18.8 Å². The summed E-state index contributed by atoms with van der Waals surface area (Å²) in [5.41, 5.74) is 0.774. The van der Waals surface area contributed by atoms with Crippen molar-refractivity contribution in [1.29, 1.82) is 0 Å². The predicted octanol–water partition coefficient (Wildman–Crippen LogP) is 4.95. The van der Waals surface area contributed by atoms with Crippen LogP contribution >= 0.6 is 22.9 Å². The van der Waals surface area contributed by atoms with Crippen LogP contribution in [0.15, 0.2) is 59.3 Å². The van der Waals surface area contributed by atoms with Gasteiger partial charge in [-0.05, 0) is 37.3 Å². The molecule has 7 nitrogen and oxygen atoms in total. The summed E-state index contributed by atoms with van der Waals surface area (Å²) in [5.74, 6) is 1.42. The first kappa shape index (κ1) is 19.1. The highest BCUT2D eigenvalue weighted by molar-refractivity contribution is 7.16. The summed E-state index contributed by atoms with van der Waals surface area (Å²) in [7, 11) is 0. The third-order valence-electron chi connectivity index (χ3n) is 3.78. The highest BCUT2D eigenvalue weighted by Gasteiger charge is 2.15. The van der Waals surface area contributed by atoms with Crippen molar-refractivity contribution >= 4 is 28.9 Å². The molecule has 0 fully saturated rings. The minimum absolute atomic E-state index is 0.158. The molecule has 29 heavy (non-hydrogen) atoms. The van der Waals surface area contributed by atoms with E-state index >= 15 is 0 Å². The van der Waals surface area contributed by atoms with E-state index in [1.54, 1.807) is 37.3 Å². The summed E-state index contributed by atoms with van der Waals surface area (Å²) < 4.78 is 15.9. The molecule has 2 aromatic heterocycles. The van der Waals surface area contributed by atoms with Gasteiger partial charge in [-0.3, -0.25) is 0 Å². The third-order valence-corrected chi connectivity index (χ3v) is 5.12. The second kappa shape index (κ2) is 8.42. The minimum atomic E-state index is -0.490. The Morgan fingerprint density at radius 1 is 1.14 bits per heavy atom. The number of hydrogen-bond acceptors (Lipinski definition) is 8. The van der Waals surface area contributed by atoms with Crippen LogP contribution in [-0.2, 0) is 6.61 Å². The van der Waals surface area contributed by atoms with E-state index in [4.69, 9.17) is 25.6 Å². The molecular weight excluding hydrogens is 414 g/mol. The number of benzene rings is 2. The summed E-state index contributed by atoms with van der Waals surface area (Å²) in [6.45, 7) is 1.89. The Bertz CT molecular complexity index is 1140. The molecule has 0 aliphatic heterocycles. The van der Waals surface area contributed by atoms with Crippen LogP contribution in [0.2, 0.25) is 5.02 Å². The first-order valence-corrected chi connectivity index (χ1v) is 9.73. The van der Waals surface area contributed by atoms with Gasteiger partial charge in [-0.1, -0.05) is 35.0 Å². The molecule has 4 aromatic rings. The standard InChI is InChI=1S/C20H14ClN3O4S/c1-12-23-18(28-24-12)11-26-13-6-8-14(9-7-13)27-20(25)17-10-22-19(29-17)15-4-2-3-5-16(15)21/h2-10H,11H2,1H3. The summed E-state index contributed by atoms with van der Waals surface area (Å²) in [4.78, 5) is 21.1. The Hall–Kier alpha value is -3.23. The maximum atomic E-state index is 12.4. The van der Waals surface area contributed by atoms with Gasteiger partial charge in [0.25, 0.3) is 5.89 Å². The molecule has 0 bridgehead atoms. The molecule has 0 aliphatic carbocycles. The van der Waals surface area contributed by atoms with Crippen LogP contribution in [-0.4, -0.2) is 21.1 Å². The number of halogens is 1. The Morgan fingerprint density at radius 2 is 1.90 bits per heavy atom. The number of aromatic nitrogens is 3. The van der Waals surface area contributed by atoms with Crippen LogP contribution in [0.1, 0.15) is 21.4 Å². The molecular formula is C20H14ClN3O4S. The normalized spacial score (nSPS) is 10.7. The van der Waals surface area contributed by atoms with E-state index in [9.17, 15) is 4.79 Å². The van der Waals surface area contributed by atoms with Gasteiger partial charge >= 0.3 is 5.97 Å². The maximum Gasteiger partial charge on any atom is 0.355 e. The second-order valence-electron chi connectivity index (χ2n) is 5.89. The van der Waals surface area contributed by atoms with Gasteiger partial charge in [-0.2, -0.15) is 4.98 Å². The number of ether oxygens (including phenoxy) is 2. The number of carbonyl (C=O) groups excluding carboxylic acids is 1. The van der Waals surface area contributed by atoms with Crippen LogP contribution in [0, 0.1) is 6.92 Å². The van der Waals surface area contributed by atoms with E-state index in [0.29, 0.717) is 38.1 Å². The Labute approximate surface area is 174 Å². The van der Waals surface area contributed by atoms with E-state index in [-0.39, 0.29) is 6.61 Å². The van der Waals surface area contributed by atoms with Crippen molar-refractivity contribution in [2.24, 2.45) is 0 Å². The number of hydrogen-bond donors (Lipinski definition) is 0. The van der Waals surface area contributed by atoms with E-state index in [1.165, 1.54) is 17.5 Å². The molecule has 4 rings (SSSR count). The van der Waals surface area contributed by atoms with Gasteiger partial charge in [0, 0.05) is 5.56 Å². The molecule has 2 aromatic carbocycles. The minimum Gasteiger partial charge on any atom is -0.484 e. The number of thiazole rings is 1. The van der Waals surface area contributed by atoms with E-state index in [2.05, 4.69) is 15.1 Å². The van der Waals surface area contributed by atoms with Crippen molar-refractivity contribution in [2.45, 2.75) is 13.5 Å². The Balaban J connectivity index is 1.38.